The first kappa shape index (κ1) is 17.9. The van der Waals surface area contributed by atoms with E-state index in [4.69, 9.17) is 9.47 Å². The second kappa shape index (κ2) is 7.86. The largest absolute Gasteiger partial charge is 0.496 e. The topological polar surface area (TPSA) is 47.6 Å². The van der Waals surface area contributed by atoms with Gasteiger partial charge in [-0.05, 0) is 51.0 Å². The number of carbonyl (C=O) groups excluding carboxylic acids is 1. The molecule has 0 spiro atoms. The lowest BCUT2D eigenvalue weighted by molar-refractivity contribution is -0.127. The van der Waals surface area contributed by atoms with Crippen LogP contribution in [0, 0.1) is 13.8 Å². The van der Waals surface area contributed by atoms with E-state index in [0.717, 1.165) is 28.2 Å². The first-order valence-electron chi connectivity index (χ1n) is 8.09. The normalized spacial score (nSPS) is 13.0. The van der Waals surface area contributed by atoms with Crippen molar-refractivity contribution in [1.82, 2.24) is 5.32 Å². The number of aryl methyl sites for hydroxylation is 2. The lowest BCUT2D eigenvalue weighted by Crippen LogP contribution is -2.38. The summed E-state index contributed by atoms with van der Waals surface area (Å²) in [7, 11) is 1.62. The summed E-state index contributed by atoms with van der Waals surface area (Å²) in [5.41, 5.74) is 3.05. The maximum atomic E-state index is 12.5. The van der Waals surface area contributed by atoms with Crippen LogP contribution >= 0.6 is 0 Å². The zero-order valence-corrected chi connectivity index (χ0v) is 14.9. The Kier molecular flexibility index (Phi) is 5.85. The minimum absolute atomic E-state index is 0.158. The first-order valence-corrected chi connectivity index (χ1v) is 8.09. The van der Waals surface area contributed by atoms with Crippen molar-refractivity contribution in [2.24, 2.45) is 0 Å². The van der Waals surface area contributed by atoms with Gasteiger partial charge < -0.3 is 14.8 Å². The van der Waals surface area contributed by atoms with Crippen molar-refractivity contribution >= 4 is 5.91 Å². The van der Waals surface area contributed by atoms with Crippen LogP contribution in [0.2, 0.25) is 0 Å². The molecule has 0 heterocycles. The second-order valence-corrected chi connectivity index (χ2v) is 6.00. The zero-order valence-electron chi connectivity index (χ0n) is 14.9. The molecule has 0 aliphatic heterocycles. The Balaban J connectivity index is 2.04. The minimum atomic E-state index is -0.581. The maximum Gasteiger partial charge on any atom is 0.261 e. The number of hydrogen-bond acceptors (Lipinski definition) is 3. The third-order valence-corrected chi connectivity index (χ3v) is 3.98. The van der Waals surface area contributed by atoms with Gasteiger partial charge in [0.25, 0.3) is 5.91 Å². The van der Waals surface area contributed by atoms with E-state index in [1.54, 1.807) is 14.0 Å². The smallest absolute Gasteiger partial charge is 0.261 e. The molecule has 0 radical (unpaired) electrons. The Hall–Kier alpha value is -2.49. The molecule has 0 fully saturated rings. The molecule has 4 heteroatoms. The van der Waals surface area contributed by atoms with Crippen LogP contribution < -0.4 is 14.8 Å². The van der Waals surface area contributed by atoms with Gasteiger partial charge in [0, 0.05) is 5.56 Å². The Morgan fingerprint density at radius 2 is 1.75 bits per heavy atom. The highest BCUT2D eigenvalue weighted by Crippen LogP contribution is 2.25. The molecule has 0 saturated carbocycles. The zero-order chi connectivity index (χ0) is 17.7. The molecule has 2 aromatic carbocycles. The molecule has 2 rings (SSSR count). The van der Waals surface area contributed by atoms with Crippen LogP contribution in [0.25, 0.3) is 0 Å². The molecular formula is C20H25NO3. The SMILES string of the molecule is COc1ccccc1C(C)NC(=O)C(C)Oc1cc(C)ccc1C. The predicted octanol–water partition coefficient (Wildman–Crippen LogP) is 3.96. The highest BCUT2D eigenvalue weighted by molar-refractivity contribution is 5.81. The Morgan fingerprint density at radius 3 is 2.46 bits per heavy atom. The number of ether oxygens (including phenoxy) is 2. The lowest BCUT2D eigenvalue weighted by Gasteiger charge is -2.21. The van der Waals surface area contributed by atoms with E-state index in [9.17, 15) is 4.79 Å². The van der Waals surface area contributed by atoms with Crippen LogP contribution in [0.15, 0.2) is 42.5 Å². The van der Waals surface area contributed by atoms with Crippen LogP contribution in [0.3, 0.4) is 0 Å². The van der Waals surface area contributed by atoms with Crippen molar-refractivity contribution in [3.05, 3.63) is 59.2 Å². The highest BCUT2D eigenvalue weighted by Gasteiger charge is 2.20. The lowest BCUT2D eigenvalue weighted by atomic mass is 10.1. The molecule has 0 aliphatic rings. The van der Waals surface area contributed by atoms with E-state index >= 15 is 0 Å². The third-order valence-electron chi connectivity index (χ3n) is 3.98. The third kappa shape index (κ3) is 4.28. The van der Waals surface area contributed by atoms with Gasteiger partial charge in [-0.1, -0.05) is 30.3 Å². The second-order valence-electron chi connectivity index (χ2n) is 6.00. The summed E-state index contributed by atoms with van der Waals surface area (Å²) in [5.74, 6) is 1.34. The van der Waals surface area contributed by atoms with Crippen LogP contribution in [-0.2, 0) is 4.79 Å². The molecule has 0 bridgehead atoms. The molecule has 24 heavy (non-hydrogen) atoms. The summed E-state index contributed by atoms with van der Waals surface area (Å²) in [6.07, 6.45) is -0.581. The van der Waals surface area contributed by atoms with E-state index in [1.165, 1.54) is 0 Å². The fraction of sp³-hybridized carbons (Fsp3) is 0.350. The first-order chi connectivity index (χ1) is 11.4. The van der Waals surface area contributed by atoms with Crippen molar-refractivity contribution in [3.63, 3.8) is 0 Å². The van der Waals surface area contributed by atoms with Crippen molar-refractivity contribution < 1.29 is 14.3 Å². The van der Waals surface area contributed by atoms with E-state index in [2.05, 4.69) is 5.32 Å². The van der Waals surface area contributed by atoms with Gasteiger partial charge in [-0.3, -0.25) is 4.79 Å². The van der Waals surface area contributed by atoms with Gasteiger partial charge in [-0.15, -0.1) is 0 Å². The van der Waals surface area contributed by atoms with Crippen molar-refractivity contribution in [2.75, 3.05) is 7.11 Å². The van der Waals surface area contributed by atoms with Gasteiger partial charge in [0.15, 0.2) is 6.10 Å². The van der Waals surface area contributed by atoms with Gasteiger partial charge >= 0.3 is 0 Å². The van der Waals surface area contributed by atoms with E-state index in [1.807, 2.05) is 63.2 Å². The van der Waals surface area contributed by atoms with Crippen LogP contribution in [0.1, 0.15) is 36.6 Å². The molecule has 2 atom stereocenters. The van der Waals surface area contributed by atoms with Crippen molar-refractivity contribution in [1.29, 1.82) is 0 Å². The van der Waals surface area contributed by atoms with Gasteiger partial charge in [-0.2, -0.15) is 0 Å². The summed E-state index contributed by atoms with van der Waals surface area (Å²) >= 11 is 0. The summed E-state index contributed by atoms with van der Waals surface area (Å²) in [6.45, 7) is 7.66. The number of benzene rings is 2. The van der Waals surface area contributed by atoms with Crippen LogP contribution in [0.5, 0.6) is 11.5 Å². The van der Waals surface area contributed by atoms with Crippen molar-refractivity contribution in [2.45, 2.75) is 39.8 Å². The molecule has 0 saturated heterocycles. The number of nitrogens with one attached hydrogen (secondary N) is 1. The summed E-state index contributed by atoms with van der Waals surface area (Å²) in [4.78, 5) is 12.5. The summed E-state index contributed by atoms with van der Waals surface area (Å²) in [5, 5.41) is 2.98. The molecule has 2 aromatic rings. The number of rotatable bonds is 6. The fourth-order valence-electron chi connectivity index (χ4n) is 2.51. The number of para-hydroxylation sites is 1. The quantitative estimate of drug-likeness (QED) is 0.874. The highest BCUT2D eigenvalue weighted by atomic mass is 16.5. The number of amides is 1. The molecule has 0 aromatic heterocycles. The van der Waals surface area contributed by atoms with Crippen molar-refractivity contribution in [3.8, 4) is 11.5 Å². The van der Waals surface area contributed by atoms with Crippen LogP contribution in [-0.4, -0.2) is 19.1 Å². The monoisotopic (exact) mass is 327 g/mol. The standard InChI is InChI=1S/C20H25NO3/c1-13-10-11-14(2)19(12-13)24-16(4)20(22)21-15(3)17-8-6-7-9-18(17)23-5/h6-12,15-16H,1-5H3,(H,21,22). The maximum absolute atomic E-state index is 12.5. The van der Waals surface area contributed by atoms with Gasteiger partial charge in [0.1, 0.15) is 11.5 Å². The van der Waals surface area contributed by atoms with E-state index in [-0.39, 0.29) is 11.9 Å². The summed E-state index contributed by atoms with van der Waals surface area (Å²) < 4.78 is 11.2. The molecule has 1 amide bonds. The molecule has 4 nitrogen and oxygen atoms in total. The molecule has 2 unspecified atom stereocenters. The van der Waals surface area contributed by atoms with E-state index in [0.29, 0.717) is 0 Å². The van der Waals surface area contributed by atoms with Crippen LogP contribution in [0.4, 0.5) is 0 Å². The van der Waals surface area contributed by atoms with Gasteiger partial charge in [0.05, 0.1) is 13.2 Å². The minimum Gasteiger partial charge on any atom is -0.496 e. The van der Waals surface area contributed by atoms with Gasteiger partial charge in [0.2, 0.25) is 0 Å². The van der Waals surface area contributed by atoms with Gasteiger partial charge in [-0.25, -0.2) is 0 Å². The Labute approximate surface area is 143 Å². The average molecular weight is 327 g/mol. The van der Waals surface area contributed by atoms with E-state index < -0.39 is 6.10 Å². The molecule has 0 aliphatic carbocycles. The fourth-order valence-corrected chi connectivity index (χ4v) is 2.51. The Bertz CT molecular complexity index is 712. The molecule has 1 N–H and O–H groups in total. The predicted molar refractivity (Wildman–Crippen MR) is 95.6 cm³/mol. The number of methoxy groups -OCH3 is 1. The summed E-state index contributed by atoms with van der Waals surface area (Å²) in [6, 6.07) is 13.5. The number of carbonyl (C=O) groups is 1. The molecular weight excluding hydrogens is 302 g/mol. The molecule has 128 valence electrons. The number of hydrogen-bond donors (Lipinski definition) is 1. The average Bonchev–Trinajstić information content (AvgIpc) is 2.57. The Morgan fingerprint density at radius 1 is 1.04 bits per heavy atom.